The SMILES string of the molecule is CCC(O)(c1cccc(OCO)c1)C(C)CNC.O=C(O)C1O[C@@H](CO)C1O. The first-order valence-electron chi connectivity index (χ1n) is 9.13. The predicted octanol–water partition coefficient (Wildman–Crippen LogP) is -0.340. The first-order chi connectivity index (χ1) is 13.2. The average Bonchev–Trinajstić information content (AvgIpc) is 2.67. The van der Waals surface area contributed by atoms with E-state index in [2.05, 4.69) is 10.1 Å². The van der Waals surface area contributed by atoms with Crippen LogP contribution in [0.25, 0.3) is 0 Å². The van der Waals surface area contributed by atoms with Gasteiger partial charge in [0, 0.05) is 12.5 Å². The van der Waals surface area contributed by atoms with Gasteiger partial charge in [-0.25, -0.2) is 4.79 Å². The molecule has 1 heterocycles. The second-order valence-electron chi connectivity index (χ2n) is 6.64. The minimum Gasteiger partial charge on any atom is -0.479 e. The minimum absolute atomic E-state index is 0.0804. The van der Waals surface area contributed by atoms with Gasteiger partial charge in [0.1, 0.15) is 18.0 Å². The number of aliphatic hydroxyl groups is 4. The number of carboxylic acids is 1. The van der Waals surface area contributed by atoms with Crippen LogP contribution in [0.1, 0.15) is 25.8 Å². The van der Waals surface area contributed by atoms with Gasteiger partial charge >= 0.3 is 5.97 Å². The van der Waals surface area contributed by atoms with Crippen LogP contribution in [-0.2, 0) is 15.1 Å². The number of aliphatic hydroxyl groups excluding tert-OH is 3. The normalized spacial score (nSPS) is 24.2. The van der Waals surface area contributed by atoms with Crippen molar-refractivity contribution in [1.29, 1.82) is 0 Å². The lowest BCUT2D eigenvalue weighted by Crippen LogP contribution is -2.58. The Kier molecular flexibility index (Phi) is 9.80. The van der Waals surface area contributed by atoms with Crippen LogP contribution in [0.2, 0.25) is 0 Å². The van der Waals surface area contributed by atoms with E-state index < -0.39 is 29.9 Å². The molecule has 4 unspecified atom stereocenters. The zero-order valence-corrected chi connectivity index (χ0v) is 16.4. The first kappa shape index (κ1) is 24.3. The highest BCUT2D eigenvalue weighted by molar-refractivity contribution is 5.74. The molecule has 0 aromatic heterocycles. The Hall–Kier alpha value is -1.75. The van der Waals surface area contributed by atoms with E-state index in [1.807, 2.05) is 33.0 Å². The van der Waals surface area contributed by atoms with Crippen LogP contribution in [0.5, 0.6) is 5.75 Å². The fraction of sp³-hybridized carbons (Fsp3) is 0.632. The van der Waals surface area contributed by atoms with Crippen molar-refractivity contribution in [2.24, 2.45) is 5.92 Å². The molecule has 0 radical (unpaired) electrons. The van der Waals surface area contributed by atoms with Crippen molar-refractivity contribution in [2.75, 3.05) is 27.0 Å². The van der Waals surface area contributed by atoms with Gasteiger partial charge in [-0.1, -0.05) is 26.0 Å². The van der Waals surface area contributed by atoms with Crippen molar-refractivity contribution in [3.63, 3.8) is 0 Å². The third-order valence-electron chi connectivity index (χ3n) is 4.87. The summed E-state index contributed by atoms with van der Waals surface area (Å²) in [6.45, 7) is 4.01. The molecular formula is C19H31NO8. The number of carboxylic acid groups (broad SMARTS) is 1. The topological polar surface area (TPSA) is 149 Å². The maximum absolute atomic E-state index is 10.8. The van der Waals surface area contributed by atoms with E-state index in [-0.39, 0.29) is 19.3 Å². The molecule has 9 heteroatoms. The monoisotopic (exact) mass is 401 g/mol. The number of benzene rings is 1. The molecule has 1 aromatic carbocycles. The van der Waals surface area contributed by atoms with E-state index in [1.54, 1.807) is 12.1 Å². The Labute approximate surface area is 164 Å². The summed E-state index contributed by atoms with van der Waals surface area (Å²) in [5.41, 5.74) is -0.0728. The second kappa shape index (κ2) is 11.3. The summed E-state index contributed by atoms with van der Waals surface area (Å²) >= 11 is 0. The zero-order chi connectivity index (χ0) is 21.3. The molecule has 1 fully saturated rings. The van der Waals surface area contributed by atoms with Crippen molar-refractivity contribution in [1.82, 2.24) is 5.32 Å². The predicted molar refractivity (Wildman–Crippen MR) is 101 cm³/mol. The van der Waals surface area contributed by atoms with Crippen molar-refractivity contribution in [3.05, 3.63) is 29.8 Å². The van der Waals surface area contributed by atoms with Crippen molar-refractivity contribution < 1.29 is 39.8 Å². The average molecular weight is 401 g/mol. The zero-order valence-electron chi connectivity index (χ0n) is 16.4. The Balaban J connectivity index is 0.000000330. The first-order valence-corrected chi connectivity index (χ1v) is 9.13. The van der Waals surface area contributed by atoms with E-state index in [1.165, 1.54) is 0 Å². The summed E-state index contributed by atoms with van der Waals surface area (Å²) in [4.78, 5) is 10.1. The molecule has 0 aliphatic carbocycles. The van der Waals surface area contributed by atoms with Crippen LogP contribution >= 0.6 is 0 Å². The molecule has 5 atom stereocenters. The molecule has 1 aliphatic rings. The van der Waals surface area contributed by atoms with Gasteiger partial charge in [-0.3, -0.25) is 0 Å². The molecular weight excluding hydrogens is 370 g/mol. The molecule has 0 bridgehead atoms. The molecule has 1 aliphatic heterocycles. The molecule has 2 rings (SSSR count). The molecule has 1 aromatic rings. The highest BCUT2D eigenvalue weighted by Gasteiger charge is 2.45. The molecule has 1 saturated heterocycles. The third-order valence-corrected chi connectivity index (χ3v) is 4.87. The molecule has 9 nitrogen and oxygen atoms in total. The van der Waals surface area contributed by atoms with E-state index in [0.29, 0.717) is 12.2 Å². The third kappa shape index (κ3) is 5.87. The van der Waals surface area contributed by atoms with Gasteiger partial charge in [0.25, 0.3) is 0 Å². The number of aliphatic carboxylic acids is 1. The molecule has 0 spiro atoms. The van der Waals surface area contributed by atoms with Gasteiger partial charge in [-0.15, -0.1) is 0 Å². The highest BCUT2D eigenvalue weighted by atomic mass is 16.6. The standard InChI is InChI=1S/C14H23NO3.C5H8O5/c1-4-14(17,11(2)9-15-3)12-6-5-7-13(8-12)18-10-16;6-1-2-3(7)4(10-2)5(8)9/h5-8,11,15-17H,4,9-10H2,1-3H3;2-4,6-7H,1H2,(H,8,9)/t;2-,3?,4?/m.0/s1. The van der Waals surface area contributed by atoms with Crippen LogP contribution in [0.3, 0.4) is 0 Å². The smallest absolute Gasteiger partial charge is 0.335 e. The molecule has 160 valence electrons. The Bertz CT molecular complexity index is 613. The van der Waals surface area contributed by atoms with E-state index in [0.717, 1.165) is 12.1 Å². The van der Waals surface area contributed by atoms with E-state index >= 15 is 0 Å². The lowest BCUT2D eigenvalue weighted by atomic mass is 9.80. The molecule has 28 heavy (non-hydrogen) atoms. The lowest BCUT2D eigenvalue weighted by Gasteiger charge is -2.37. The highest BCUT2D eigenvalue weighted by Crippen LogP contribution is 2.34. The minimum atomic E-state index is -1.20. The van der Waals surface area contributed by atoms with Crippen molar-refractivity contribution in [3.8, 4) is 5.75 Å². The van der Waals surface area contributed by atoms with Crippen LogP contribution in [-0.4, -0.2) is 76.8 Å². The van der Waals surface area contributed by atoms with Crippen LogP contribution in [0.15, 0.2) is 24.3 Å². The van der Waals surface area contributed by atoms with Crippen molar-refractivity contribution >= 4 is 5.97 Å². The van der Waals surface area contributed by atoms with Crippen LogP contribution in [0.4, 0.5) is 0 Å². The summed E-state index contributed by atoms with van der Waals surface area (Å²) in [5, 5.41) is 48.2. The second-order valence-corrected chi connectivity index (χ2v) is 6.64. The number of hydrogen-bond donors (Lipinski definition) is 6. The summed E-state index contributed by atoms with van der Waals surface area (Å²) in [6.07, 6.45) is -2.32. The maximum Gasteiger partial charge on any atom is 0.335 e. The van der Waals surface area contributed by atoms with Crippen LogP contribution < -0.4 is 10.1 Å². The number of rotatable bonds is 9. The van der Waals surface area contributed by atoms with Gasteiger partial charge < -0.3 is 40.3 Å². The van der Waals surface area contributed by atoms with Gasteiger partial charge in [0.2, 0.25) is 0 Å². The fourth-order valence-electron chi connectivity index (χ4n) is 3.05. The lowest BCUT2D eigenvalue weighted by molar-refractivity contribution is -0.237. The number of hydrogen-bond acceptors (Lipinski definition) is 8. The van der Waals surface area contributed by atoms with E-state index in [9.17, 15) is 9.90 Å². The fourth-order valence-corrected chi connectivity index (χ4v) is 3.05. The largest absolute Gasteiger partial charge is 0.479 e. The summed E-state index contributed by atoms with van der Waals surface area (Å²) in [5.74, 6) is -0.549. The maximum atomic E-state index is 10.8. The summed E-state index contributed by atoms with van der Waals surface area (Å²) < 4.78 is 9.62. The number of ether oxygens (including phenoxy) is 2. The summed E-state index contributed by atoms with van der Waals surface area (Å²) in [7, 11) is 1.87. The van der Waals surface area contributed by atoms with E-state index in [4.69, 9.17) is 25.2 Å². The van der Waals surface area contributed by atoms with Gasteiger partial charge in [-0.05, 0) is 31.2 Å². The molecule has 0 amide bonds. The number of carbonyl (C=O) groups is 1. The van der Waals surface area contributed by atoms with Gasteiger partial charge in [0.15, 0.2) is 12.9 Å². The number of nitrogens with one attached hydrogen (secondary N) is 1. The van der Waals surface area contributed by atoms with Crippen LogP contribution in [0, 0.1) is 5.92 Å². The Morgan fingerprint density at radius 2 is 2.07 bits per heavy atom. The summed E-state index contributed by atoms with van der Waals surface area (Å²) in [6, 6.07) is 7.26. The Morgan fingerprint density at radius 3 is 2.54 bits per heavy atom. The Morgan fingerprint density at radius 1 is 1.39 bits per heavy atom. The quantitative estimate of drug-likeness (QED) is 0.306. The van der Waals surface area contributed by atoms with Crippen molar-refractivity contribution in [2.45, 2.75) is 44.2 Å². The van der Waals surface area contributed by atoms with Gasteiger partial charge in [0.05, 0.1) is 12.2 Å². The molecule has 0 saturated carbocycles. The molecule has 6 N–H and O–H groups in total. The van der Waals surface area contributed by atoms with Gasteiger partial charge in [-0.2, -0.15) is 0 Å².